The van der Waals surface area contributed by atoms with Gasteiger partial charge in [-0.1, -0.05) is 6.92 Å². The van der Waals surface area contributed by atoms with Gasteiger partial charge in [0.15, 0.2) is 0 Å². The molecule has 1 saturated heterocycles. The van der Waals surface area contributed by atoms with Crippen molar-refractivity contribution in [2.24, 2.45) is 17.1 Å². The highest BCUT2D eigenvalue weighted by atomic mass is 35.5. The van der Waals surface area contributed by atoms with Crippen molar-refractivity contribution in [1.82, 2.24) is 4.90 Å². The number of carbonyl (C=O) groups is 1. The number of piperidine rings is 1. The lowest BCUT2D eigenvalue weighted by Gasteiger charge is -2.33. The Labute approximate surface area is 104 Å². The van der Waals surface area contributed by atoms with E-state index < -0.39 is 0 Å². The first-order chi connectivity index (χ1) is 7.22. The molecule has 0 aromatic rings. The van der Waals surface area contributed by atoms with Crippen LogP contribution in [0.3, 0.4) is 0 Å². The number of rotatable bonds is 3. The normalized spacial score (nSPS) is 23.8. The Morgan fingerprint density at radius 1 is 1.38 bits per heavy atom. The van der Waals surface area contributed by atoms with Gasteiger partial charge in [0, 0.05) is 18.5 Å². The average molecular weight is 247 g/mol. The molecular weight excluding hydrogens is 224 g/mol. The molecule has 0 spiro atoms. The number of amides is 1. The maximum absolute atomic E-state index is 12.2. The van der Waals surface area contributed by atoms with Gasteiger partial charge in [-0.2, -0.15) is 0 Å². The van der Waals surface area contributed by atoms with Gasteiger partial charge < -0.3 is 10.6 Å². The molecule has 2 fully saturated rings. The van der Waals surface area contributed by atoms with Gasteiger partial charge in [-0.3, -0.25) is 4.79 Å². The third kappa shape index (κ3) is 2.51. The quantitative estimate of drug-likeness (QED) is 0.826. The van der Waals surface area contributed by atoms with Crippen molar-refractivity contribution in [3.05, 3.63) is 0 Å². The number of hydrogen-bond donors (Lipinski definition) is 1. The molecule has 1 aliphatic heterocycles. The molecule has 0 aromatic carbocycles. The molecule has 0 bridgehead atoms. The van der Waals surface area contributed by atoms with Crippen LogP contribution in [0.1, 0.15) is 39.0 Å². The van der Waals surface area contributed by atoms with Crippen molar-refractivity contribution in [2.45, 2.75) is 39.0 Å². The third-order valence-corrected chi connectivity index (χ3v) is 4.22. The SMILES string of the molecule is CCC1(C(=O)N2CCC(CN)CC2)CC1.Cl. The molecular formula is C12H23ClN2O. The van der Waals surface area contributed by atoms with E-state index in [4.69, 9.17) is 5.73 Å². The molecule has 4 heteroatoms. The summed E-state index contributed by atoms with van der Waals surface area (Å²) in [7, 11) is 0. The van der Waals surface area contributed by atoms with Gasteiger partial charge in [-0.15, -0.1) is 12.4 Å². The second-order valence-electron chi connectivity index (χ2n) is 5.11. The molecule has 0 unspecified atom stereocenters. The van der Waals surface area contributed by atoms with Gasteiger partial charge in [0.25, 0.3) is 0 Å². The highest BCUT2D eigenvalue weighted by Crippen LogP contribution is 2.50. The Bertz CT molecular complexity index is 245. The maximum Gasteiger partial charge on any atom is 0.228 e. The molecule has 0 aromatic heterocycles. The predicted octanol–water partition coefficient (Wildman–Crippen LogP) is 1.80. The predicted molar refractivity (Wildman–Crippen MR) is 67.6 cm³/mol. The number of nitrogens with two attached hydrogens (primary N) is 1. The number of hydrogen-bond acceptors (Lipinski definition) is 2. The molecule has 0 radical (unpaired) electrons. The Balaban J connectivity index is 0.00000128. The van der Waals surface area contributed by atoms with Crippen LogP contribution in [0, 0.1) is 11.3 Å². The molecule has 2 N–H and O–H groups in total. The minimum absolute atomic E-state index is 0. The van der Waals surface area contributed by atoms with Crippen molar-refractivity contribution in [1.29, 1.82) is 0 Å². The van der Waals surface area contributed by atoms with Gasteiger partial charge in [0.05, 0.1) is 0 Å². The lowest BCUT2D eigenvalue weighted by atomic mass is 9.94. The summed E-state index contributed by atoms with van der Waals surface area (Å²) in [5.41, 5.74) is 5.70. The Morgan fingerprint density at radius 2 is 1.94 bits per heavy atom. The van der Waals surface area contributed by atoms with Gasteiger partial charge in [0.1, 0.15) is 0 Å². The van der Waals surface area contributed by atoms with Crippen LogP contribution < -0.4 is 5.73 Å². The number of carbonyl (C=O) groups excluding carboxylic acids is 1. The minimum Gasteiger partial charge on any atom is -0.342 e. The number of halogens is 1. The Kier molecular flexibility index (Phi) is 4.62. The van der Waals surface area contributed by atoms with Crippen LogP contribution in [0.15, 0.2) is 0 Å². The summed E-state index contributed by atoms with van der Waals surface area (Å²) in [5, 5.41) is 0. The smallest absolute Gasteiger partial charge is 0.228 e. The summed E-state index contributed by atoms with van der Waals surface area (Å²) in [5.74, 6) is 1.06. The largest absolute Gasteiger partial charge is 0.342 e. The van der Waals surface area contributed by atoms with Gasteiger partial charge in [0.2, 0.25) is 5.91 Å². The molecule has 2 rings (SSSR count). The van der Waals surface area contributed by atoms with Crippen LogP contribution >= 0.6 is 12.4 Å². The summed E-state index contributed by atoms with van der Waals surface area (Å²) in [6.45, 7) is 4.78. The summed E-state index contributed by atoms with van der Waals surface area (Å²) in [6, 6.07) is 0. The minimum atomic E-state index is 0. The highest BCUT2D eigenvalue weighted by Gasteiger charge is 2.50. The van der Waals surface area contributed by atoms with E-state index in [0.29, 0.717) is 11.8 Å². The highest BCUT2D eigenvalue weighted by molar-refractivity contribution is 5.85. The first-order valence-corrected chi connectivity index (χ1v) is 6.21. The standard InChI is InChI=1S/C12H22N2O.ClH/c1-2-12(5-6-12)11(15)14-7-3-10(9-13)4-8-14;/h10H,2-9,13H2,1H3;1H. The van der Waals surface area contributed by atoms with E-state index in [9.17, 15) is 4.79 Å². The first-order valence-electron chi connectivity index (χ1n) is 6.21. The average Bonchev–Trinajstić information content (AvgIpc) is 3.09. The van der Waals surface area contributed by atoms with E-state index in [1.54, 1.807) is 0 Å². The molecule has 1 heterocycles. The monoisotopic (exact) mass is 246 g/mol. The van der Waals surface area contributed by atoms with Crippen molar-refractivity contribution in [2.75, 3.05) is 19.6 Å². The zero-order valence-corrected chi connectivity index (χ0v) is 10.9. The summed E-state index contributed by atoms with van der Waals surface area (Å²) >= 11 is 0. The van der Waals surface area contributed by atoms with E-state index in [1.807, 2.05) is 0 Å². The van der Waals surface area contributed by atoms with Gasteiger partial charge >= 0.3 is 0 Å². The van der Waals surface area contributed by atoms with Crippen molar-refractivity contribution >= 4 is 18.3 Å². The summed E-state index contributed by atoms with van der Waals surface area (Å²) in [6.07, 6.45) is 5.44. The second kappa shape index (κ2) is 5.37. The van der Waals surface area contributed by atoms with Crippen LogP contribution in [0.25, 0.3) is 0 Å². The van der Waals surface area contributed by atoms with Crippen molar-refractivity contribution in [3.63, 3.8) is 0 Å². The van der Waals surface area contributed by atoms with Crippen LogP contribution in [0.5, 0.6) is 0 Å². The lowest BCUT2D eigenvalue weighted by molar-refractivity contribution is -0.138. The van der Waals surface area contributed by atoms with Crippen LogP contribution in [-0.4, -0.2) is 30.4 Å². The number of nitrogens with zero attached hydrogens (tertiary/aromatic N) is 1. The Morgan fingerprint density at radius 3 is 2.31 bits per heavy atom. The first kappa shape index (κ1) is 13.8. The van der Waals surface area contributed by atoms with Gasteiger partial charge in [-0.05, 0) is 44.6 Å². The molecule has 16 heavy (non-hydrogen) atoms. The molecule has 1 amide bonds. The number of likely N-dealkylation sites (tertiary alicyclic amines) is 1. The molecule has 0 atom stereocenters. The topological polar surface area (TPSA) is 46.3 Å². The van der Waals surface area contributed by atoms with E-state index in [1.165, 1.54) is 0 Å². The molecule has 3 nitrogen and oxygen atoms in total. The lowest BCUT2D eigenvalue weighted by Crippen LogP contribution is -2.43. The van der Waals surface area contributed by atoms with Crippen molar-refractivity contribution < 1.29 is 4.79 Å². The fourth-order valence-corrected chi connectivity index (χ4v) is 2.58. The van der Waals surface area contributed by atoms with E-state index in [2.05, 4.69) is 11.8 Å². The van der Waals surface area contributed by atoms with Crippen LogP contribution in [0.2, 0.25) is 0 Å². The zero-order chi connectivity index (χ0) is 10.9. The summed E-state index contributed by atoms with van der Waals surface area (Å²) < 4.78 is 0. The molecule has 2 aliphatic rings. The maximum atomic E-state index is 12.2. The van der Waals surface area contributed by atoms with Crippen LogP contribution in [-0.2, 0) is 4.79 Å². The van der Waals surface area contributed by atoms with E-state index in [0.717, 1.165) is 51.7 Å². The molecule has 94 valence electrons. The Hall–Kier alpha value is -0.280. The van der Waals surface area contributed by atoms with Crippen LogP contribution in [0.4, 0.5) is 0 Å². The van der Waals surface area contributed by atoms with Gasteiger partial charge in [-0.25, -0.2) is 0 Å². The van der Waals surface area contributed by atoms with Crippen molar-refractivity contribution in [3.8, 4) is 0 Å². The fraction of sp³-hybridized carbons (Fsp3) is 0.917. The third-order valence-electron chi connectivity index (χ3n) is 4.22. The zero-order valence-electron chi connectivity index (χ0n) is 10.1. The second-order valence-corrected chi connectivity index (χ2v) is 5.11. The molecule has 1 aliphatic carbocycles. The van der Waals surface area contributed by atoms with E-state index in [-0.39, 0.29) is 17.8 Å². The summed E-state index contributed by atoms with van der Waals surface area (Å²) in [4.78, 5) is 14.3. The van der Waals surface area contributed by atoms with E-state index >= 15 is 0 Å². The fourth-order valence-electron chi connectivity index (χ4n) is 2.58. The molecule has 1 saturated carbocycles.